The van der Waals surface area contributed by atoms with Gasteiger partial charge in [-0.2, -0.15) is 8.42 Å². The first-order valence-corrected chi connectivity index (χ1v) is 11.6. The maximum absolute atomic E-state index is 11.1. The molecule has 1 heterocycles. The van der Waals surface area contributed by atoms with E-state index in [0.717, 1.165) is 25.5 Å². The third-order valence-corrected chi connectivity index (χ3v) is 7.12. The highest BCUT2D eigenvalue weighted by atomic mass is 32.2. The van der Waals surface area contributed by atoms with Gasteiger partial charge in [-0.3, -0.25) is 4.18 Å². The fraction of sp³-hybridized carbons (Fsp3) is 0.833. The minimum atomic E-state index is -3.40. The number of unbranched alkanes of at least 4 members (excludes halogenated alkanes) is 1. The molecular weight excluding hydrogens is 268 g/mol. The van der Waals surface area contributed by atoms with Crippen LogP contribution >= 0.6 is 0 Å². The van der Waals surface area contributed by atoms with Gasteiger partial charge in [-0.25, -0.2) is 0 Å². The zero-order valence-corrected chi connectivity index (χ0v) is 13.5. The molecule has 2 atom stereocenters. The highest BCUT2D eigenvalue weighted by Gasteiger charge is 2.64. The van der Waals surface area contributed by atoms with E-state index in [1.54, 1.807) is 0 Å². The summed E-state index contributed by atoms with van der Waals surface area (Å²) < 4.78 is 33.1. The van der Waals surface area contributed by atoms with Crippen LogP contribution in [0.4, 0.5) is 0 Å². The number of epoxide rings is 1. The van der Waals surface area contributed by atoms with Crippen molar-refractivity contribution in [2.45, 2.75) is 50.2 Å². The van der Waals surface area contributed by atoms with E-state index in [-0.39, 0.29) is 17.9 Å². The molecule has 0 saturated carbocycles. The molecule has 1 rings (SSSR count). The Hall–Kier alpha value is -0.173. The van der Waals surface area contributed by atoms with Gasteiger partial charge in [-0.15, -0.1) is 6.58 Å². The maximum atomic E-state index is 11.1. The van der Waals surface area contributed by atoms with Gasteiger partial charge in [0.15, 0.2) is 0 Å². The number of allylic oxidation sites excluding steroid dienone is 1. The lowest BCUT2D eigenvalue weighted by Gasteiger charge is -2.25. The number of hydrogen-bond donors (Lipinski definition) is 0. The fourth-order valence-electron chi connectivity index (χ4n) is 2.16. The largest absolute Gasteiger partial charge is 0.367 e. The van der Waals surface area contributed by atoms with Crippen molar-refractivity contribution < 1.29 is 17.3 Å². The van der Waals surface area contributed by atoms with E-state index >= 15 is 0 Å². The van der Waals surface area contributed by atoms with Crippen molar-refractivity contribution in [1.82, 2.24) is 0 Å². The second kappa shape index (κ2) is 5.44. The van der Waals surface area contributed by atoms with Gasteiger partial charge in [0.25, 0.3) is 10.1 Å². The van der Waals surface area contributed by atoms with Crippen molar-refractivity contribution in [1.29, 1.82) is 0 Å². The van der Waals surface area contributed by atoms with Crippen molar-refractivity contribution in [2.75, 3.05) is 12.9 Å². The third-order valence-electron chi connectivity index (χ3n) is 3.45. The van der Waals surface area contributed by atoms with Crippen LogP contribution in [0.25, 0.3) is 0 Å². The Morgan fingerprint density at radius 2 is 2.06 bits per heavy atom. The maximum Gasteiger partial charge on any atom is 0.264 e. The molecule has 0 radical (unpaired) electrons. The molecule has 4 nitrogen and oxygen atoms in total. The summed E-state index contributed by atoms with van der Waals surface area (Å²) in [6.45, 7) is 10.4. The predicted molar refractivity (Wildman–Crippen MR) is 75.8 cm³/mol. The van der Waals surface area contributed by atoms with Crippen molar-refractivity contribution in [3.8, 4) is 0 Å². The smallest absolute Gasteiger partial charge is 0.264 e. The quantitative estimate of drug-likeness (QED) is 0.226. The Bertz CT molecular complexity index is 399. The SMILES string of the molecule is C=CCCCC1OC1(COS(C)(=O)=O)[Si](C)(C)C. The second-order valence-corrected chi connectivity index (χ2v) is 12.9. The summed E-state index contributed by atoms with van der Waals surface area (Å²) >= 11 is 0. The molecule has 6 heteroatoms. The molecule has 0 aliphatic carbocycles. The molecule has 0 N–H and O–H groups in total. The van der Waals surface area contributed by atoms with E-state index in [0.29, 0.717) is 0 Å². The summed E-state index contributed by atoms with van der Waals surface area (Å²) in [5.41, 5.74) is 0. The first kappa shape index (κ1) is 15.9. The Labute approximate surface area is 112 Å². The van der Waals surface area contributed by atoms with Gasteiger partial charge in [0.05, 0.1) is 27.0 Å². The first-order valence-electron chi connectivity index (χ1n) is 6.25. The standard InChI is InChI=1S/C12H24O4SSi/c1-6-7-8-9-11-12(16-11,18(3,4)5)10-15-17(2,13)14/h6,11H,1,7-10H2,2-5H3. The topological polar surface area (TPSA) is 55.9 Å². The molecule has 1 aliphatic heterocycles. The van der Waals surface area contributed by atoms with E-state index in [4.69, 9.17) is 8.92 Å². The lowest BCUT2D eigenvalue weighted by molar-refractivity contribution is 0.237. The van der Waals surface area contributed by atoms with Crippen LogP contribution in [0, 0.1) is 0 Å². The van der Waals surface area contributed by atoms with Crippen LogP contribution in [0.15, 0.2) is 12.7 Å². The van der Waals surface area contributed by atoms with E-state index in [1.165, 1.54) is 0 Å². The van der Waals surface area contributed by atoms with Gasteiger partial charge in [-0.1, -0.05) is 25.7 Å². The monoisotopic (exact) mass is 292 g/mol. The Morgan fingerprint density at radius 1 is 1.44 bits per heavy atom. The molecule has 0 aromatic heterocycles. The van der Waals surface area contributed by atoms with Gasteiger partial charge < -0.3 is 4.74 Å². The minimum Gasteiger partial charge on any atom is -0.367 e. The normalized spacial score (nSPS) is 28.1. The summed E-state index contributed by atoms with van der Waals surface area (Å²) in [6.07, 6.45) is 6.06. The Morgan fingerprint density at radius 3 is 2.50 bits per heavy atom. The summed E-state index contributed by atoms with van der Waals surface area (Å²) in [5, 5.41) is -0.336. The van der Waals surface area contributed by atoms with E-state index < -0.39 is 18.2 Å². The lowest BCUT2D eigenvalue weighted by Crippen LogP contribution is -2.47. The molecule has 1 saturated heterocycles. The Balaban J connectivity index is 2.62. The van der Waals surface area contributed by atoms with Gasteiger partial charge in [0.1, 0.15) is 5.22 Å². The van der Waals surface area contributed by atoms with Gasteiger partial charge in [0.2, 0.25) is 0 Å². The lowest BCUT2D eigenvalue weighted by atomic mass is 10.1. The molecule has 1 fully saturated rings. The van der Waals surface area contributed by atoms with Crippen LogP contribution in [0.5, 0.6) is 0 Å². The van der Waals surface area contributed by atoms with Crippen LogP contribution in [0.2, 0.25) is 19.6 Å². The predicted octanol–water partition coefficient (Wildman–Crippen LogP) is 2.33. The Kier molecular flexibility index (Phi) is 4.80. The van der Waals surface area contributed by atoms with E-state index in [9.17, 15) is 8.42 Å². The fourth-order valence-corrected chi connectivity index (χ4v) is 4.76. The average molecular weight is 292 g/mol. The zero-order chi connectivity index (χ0) is 14.0. The first-order chi connectivity index (χ1) is 8.12. The van der Waals surface area contributed by atoms with E-state index in [2.05, 4.69) is 26.2 Å². The van der Waals surface area contributed by atoms with Crippen LogP contribution in [-0.4, -0.2) is 40.7 Å². The summed E-state index contributed by atoms with van der Waals surface area (Å²) in [5.74, 6) is 0. The van der Waals surface area contributed by atoms with Crippen molar-refractivity contribution in [3.63, 3.8) is 0 Å². The van der Waals surface area contributed by atoms with Crippen molar-refractivity contribution >= 4 is 18.2 Å². The molecule has 0 amide bonds. The van der Waals surface area contributed by atoms with Crippen LogP contribution < -0.4 is 0 Å². The molecule has 0 aromatic rings. The molecule has 0 bridgehead atoms. The molecule has 18 heavy (non-hydrogen) atoms. The molecule has 2 unspecified atom stereocenters. The van der Waals surface area contributed by atoms with Crippen LogP contribution in [-0.2, 0) is 19.0 Å². The van der Waals surface area contributed by atoms with Crippen molar-refractivity contribution in [2.24, 2.45) is 0 Å². The summed E-state index contributed by atoms with van der Waals surface area (Å²) in [7, 11) is -5.03. The third kappa shape index (κ3) is 3.91. The summed E-state index contributed by atoms with van der Waals surface area (Å²) in [6, 6.07) is 0. The molecule has 106 valence electrons. The van der Waals surface area contributed by atoms with Gasteiger partial charge in [0, 0.05) is 0 Å². The van der Waals surface area contributed by atoms with Crippen LogP contribution in [0.1, 0.15) is 19.3 Å². The van der Waals surface area contributed by atoms with E-state index in [1.807, 2.05) is 6.08 Å². The van der Waals surface area contributed by atoms with Gasteiger partial charge in [-0.05, 0) is 19.3 Å². The molecule has 1 aliphatic rings. The average Bonchev–Trinajstić information content (AvgIpc) is 2.89. The minimum absolute atomic E-state index is 0.144. The molecule has 0 aromatic carbocycles. The number of rotatable bonds is 8. The molecule has 0 spiro atoms. The van der Waals surface area contributed by atoms with Gasteiger partial charge >= 0.3 is 0 Å². The number of hydrogen-bond acceptors (Lipinski definition) is 4. The van der Waals surface area contributed by atoms with Crippen LogP contribution in [0.3, 0.4) is 0 Å². The molecular formula is C12H24O4SSi. The zero-order valence-electron chi connectivity index (χ0n) is 11.7. The summed E-state index contributed by atoms with van der Waals surface area (Å²) in [4.78, 5) is 0. The highest BCUT2D eigenvalue weighted by Crippen LogP contribution is 2.47. The van der Waals surface area contributed by atoms with Crippen molar-refractivity contribution in [3.05, 3.63) is 12.7 Å². The second-order valence-electron chi connectivity index (χ2n) is 5.93. The number of ether oxygens (including phenoxy) is 1. The highest BCUT2D eigenvalue weighted by molar-refractivity contribution is 7.86.